The van der Waals surface area contributed by atoms with Crippen LogP contribution in [-0.2, 0) is 15.8 Å². The van der Waals surface area contributed by atoms with Gasteiger partial charge in [0.2, 0.25) is 11.8 Å². The van der Waals surface area contributed by atoms with Crippen molar-refractivity contribution in [3.05, 3.63) is 29.8 Å². The van der Waals surface area contributed by atoms with Gasteiger partial charge in [-0.1, -0.05) is 6.07 Å². The molecule has 5 nitrogen and oxygen atoms in total. The minimum atomic E-state index is -4.37. The van der Waals surface area contributed by atoms with E-state index in [1.807, 2.05) is 4.90 Å². The van der Waals surface area contributed by atoms with Crippen LogP contribution in [0, 0.1) is 0 Å². The van der Waals surface area contributed by atoms with Crippen LogP contribution in [0.3, 0.4) is 0 Å². The number of anilines is 1. The number of hydrogen-bond acceptors (Lipinski definition) is 3. The summed E-state index contributed by atoms with van der Waals surface area (Å²) >= 11 is 0. The first-order valence-electron chi connectivity index (χ1n) is 7.66. The third-order valence-corrected chi connectivity index (χ3v) is 3.92. The molecular formula is C16H20F3N3O2. The number of alkyl halides is 3. The van der Waals surface area contributed by atoms with Gasteiger partial charge in [-0.25, -0.2) is 0 Å². The Morgan fingerprint density at radius 2 is 1.79 bits per heavy atom. The third kappa shape index (κ3) is 4.39. The minimum absolute atomic E-state index is 0.186. The summed E-state index contributed by atoms with van der Waals surface area (Å²) in [6.45, 7) is 4.65. The van der Waals surface area contributed by atoms with E-state index in [1.54, 1.807) is 17.9 Å². The van der Waals surface area contributed by atoms with Gasteiger partial charge in [-0.2, -0.15) is 13.2 Å². The van der Waals surface area contributed by atoms with Gasteiger partial charge < -0.3 is 15.1 Å². The van der Waals surface area contributed by atoms with Crippen molar-refractivity contribution in [2.75, 3.05) is 31.1 Å². The SMILES string of the molecule is CC(=O)N[C@@H](C)C(=O)N1CCN(c2cccc(C(F)(F)F)c2)CC1. The van der Waals surface area contributed by atoms with E-state index in [0.717, 1.165) is 12.1 Å². The number of piperazine rings is 1. The van der Waals surface area contributed by atoms with Crippen molar-refractivity contribution in [2.24, 2.45) is 0 Å². The standard InChI is InChI=1S/C16H20F3N3O2/c1-11(20-12(2)23)15(24)22-8-6-21(7-9-22)14-5-3-4-13(10-14)16(17,18)19/h3-5,10-11H,6-9H2,1-2H3,(H,20,23)/t11-/m0/s1. The molecule has 1 saturated heterocycles. The molecule has 0 saturated carbocycles. The first-order valence-corrected chi connectivity index (χ1v) is 7.66. The fourth-order valence-electron chi connectivity index (χ4n) is 2.70. The summed E-state index contributed by atoms with van der Waals surface area (Å²) in [5, 5.41) is 2.54. The van der Waals surface area contributed by atoms with Crippen LogP contribution >= 0.6 is 0 Å². The van der Waals surface area contributed by atoms with E-state index in [0.29, 0.717) is 31.9 Å². The number of carbonyl (C=O) groups is 2. The van der Waals surface area contributed by atoms with Crippen LogP contribution in [0.1, 0.15) is 19.4 Å². The molecule has 1 aromatic rings. The van der Waals surface area contributed by atoms with Crippen molar-refractivity contribution in [3.63, 3.8) is 0 Å². The minimum Gasteiger partial charge on any atom is -0.368 e. The van der Waals surface area contributed by atoms with Crippen LogP contribution in [0.2, 0.25) is 0 Å². The maximum absolute atomic E-state index is 12.8. The molecule has 24 heavy (non-hydrogen) atoms. The Morgan fingerprint density at radius 1 is 1.17 bits per heavy atom. The van der Waals surface area contributed by atoms with Gasteiger partial charge in [-0.15, -0.1) is 0 Å². The lowest BCUT2D eigenvalue weighted by molar-refractivity contribution is -0.137. The van der Waals surface area contributed by atoms with Crippen LogP contribution in [0.15, 0.2) is 24.3 Å². The number of amides is 2. The molecule has 1 fully saturated rings. The lowest BCUT2D eigenvalue weighted by atomic mass is 10.1. The van der Waals surface area contributed by atoms with Crippen LogP contribution in [0.5, 0.6) is 0 Å². The predicted octanol–water partition coefficient (Wildman–Crippen LogP) is 1.88. The zero-order valence-corrected chi connectivity index (χ0v) is 13.6. The number of nitrogens with zero attached hydrogens (tertiary/aromatic N) is 2. The van der Waals surface area contributed by atoms with E-state index < -0.39 is 17.8 Å². The molecule has 1 aliphatic heterocycles. The number of benzene rings is 1. The fourth-order valence-corrected chi connectivity index (χ4v) is 2.70. The predicted molar refractivity (Wildman–Crippen MR) is 83.5 cm³/mol. The number of hydrogen-bond donors (Lipinski definition) is 1. The molecule has 2 amide bonds. The van der Waals surface area contributed by atoms with Gasteiger partial charge in [0.1, 0.15) is 6.04 Å². The normalized spacial score (nSPS) is 16.7. The molecule has 0 radical (unpaired) electrons. The molecule has 1 aliphatic rings. The van der Waals surface area contributed by atoms with Gasteiger partial charge in [-0.3, -0.25) is 9.59 Å². The average Bonchev–Trinajstić information content (AvgIpc) is 2.53. The van der Waals surface area contributed by atoms with Crippen LogP contribution in [0.25, 0.3) is 0 Å². The van der Waals surface area contributed by atoms with Gasteiger partial charge in [0, 0.05) is 38.8 Å². The molecule has 1 atom stereocenters. The average molecular weight is 343 g/mol. The highest BCUT2D eigenvalue weighted by Crippen LogP contribution is 2.31. The summed E-state index contributed by atoms with van der Waals surface area (Å²) in [7, 11) is 0. The number of rotatable bonds is 3. The van der Waals surface area contributed by atoms with Gasteiger partial charge in [0.25, 0.3) is 0 Å². The Kier molecular flexibility index (Phi) is 5.36. The molecule has 0 aliphatic carbocycles. The number of carbonyl (C=O) groups excluding carboxylic acids is 2. The lowest BCUT2D eigenvalue weighted by Gasteiger charge is -2.37. The van der Waals surface area contributed by atoms with Gasteiger partial charge in [0.05, 0.1) is 5.56 Å². The van der Waals surface area contributed by atoms with Gasteiger partial charge >= 0.3 is 6.18 Å². The van der Waals surface area contributed by atoms with Crippen molar-refractivity contribution in [1.82, 2.24) is 10.2 Å². The molecule has 0 spiro atoms. The van der Waals surface area contributed by atoms with E-state index in [-0.39, 0.29) is 11.8 Å². The summed E-state index contributed by atoms with van der Waals surface area (Å²) in [5.41, 5.74) is -0.190. The third-order valence-electron chi connectivity index (χ3n) is 3.92. The van der Waals surface area contributed by atoms with E-state index in [4.69, 9.17) is 0 Å². The molecule has 8 heteroatoms. The zero-order chi connectivity index (χ0) is 17.9. The first-order chi connectivity index (χ1) is 11.2. The smallest absolute Gasteiger partial charge is 0.368 e. The first kappa shape index (κ1) is 18.1. The van der Waals surface area contributed by atoms with Crippen molar-refractivity contribution < 1.29 is 22.8 Å². The highest BCUT2D eigenvalue weighted by atomic mass is 19.4. The van der Waals surface area contributed by atoms with Crippen molar-refractivity contribution in [3.8, 4) is 0 Å². The Hall–Kier alpha value is -2.25. The molecule has 0 unspecified atom stereocenters. The second-order valence-electron chi connectivity index (χ2n) is 5.78. The van der Waals surface area contributed by atoms with Crippen LogP contribution < -0.4 is 10.2 Å². The van der Waals surface area contributed by atoms with Crippen molar-refractivity contribution >= 4 is 17.5 Å². The second-order valence-corrected chi connectivity index (χ2v) is 5.78. The van der Waals surface area contributed by atoms with Crippen LogP contribution in [0.4, 0.5) is 18.9 Å². The Balaban J connectivity index is 1.98. The monoisotopic (exact) mass is 343 g/mol. The molecule has 132 valence electrons. The zero-order valence-electron chi connectivity index (χ0n) is 13.6. The number of nitrogens with one attached hydrogen (secondary N) is 1. The summed E-state index contributed by atoms with van der Waals surface area (Å²) in [4.78, 5) is 26.7. The molecule has 2 rings (SSSR count). The van der Waals surface area contributed by atoms with Gasteiger partial charge in [0.15, 0.2) is 0 Å². The lowest BCUT2D eigenvalue weighted by Crippen LogP contribution is -2.54. The van der Waals surface area contributed by atoms with Crippen molar-refractivity contribution in [2.45, 2.75) is 26.1 Å². The molecular weight excluding hydrogens is 323 g/mol. The fraction of sp³-hybridized carbons (Fsp3) is 0.500. The summed E-state index contributed by atoms with van der Waals surface area (Å²) < 4.78 is 38.4. The quantitative estimate of drug-likeness (QED) is 0.912. The molecule has 0 aromatic heterocycles. The molecule has 0 bridgehead atoms. The highest BCUT2D eigenvalue weighted by Gasteiger charge is 2.31. The van der Waals surface area contributed by atoms with Crippen LogP contribution in [-0.4, -0.2) is 48.9 Å². The van der Waals surface area contributed by atoms with E-state index in [9.17, 15) is 22.8 Å². The largest absolute Gasteiger partial charge is 0.416 e. The highest BCUT2D eigenvalue weighted by molar-refractivity contribution is 5.86. The number of halogens is 3. The Bertz CT molecular complexity index is 611. The molecule has 1 heterocycles. The summed E-state index contributed by atoms with van der Waals surface area (Å²) in [6, 6.07) is 4.57. The maximum Gasteiger partial charge on any atom is 0.416 e. The van der Waals surface area contributed by atoms with E-state index >= 15 is 0 Å². The Morgan fingerprint density at radius 3 is 2.33 bits per heavy atom. The topological polar surface area (TPSA) is 52.7 Å². The Labute approximate surface area is 138 Å². The van der Waals surface area contributed by atoms with E-state index in [2.05, 4.69) is 5.32 Å². The molecule has 1 aromatic carbocycles. The van der Waals surface area contributed by atoms with E-state index in [1.165, 1.54) is 13.0 Å². The summed E-state index contributed by atoms with van der Waals surface area (Å²) in [5.74, 6) is -0.465. The molecule has 1 N–H and O–H groups in total. The van der Waals surface area contributed by atoms with Gasteiger partial charge in [-0.05, 0) is 25.1 Å². The maximum atomic E-state index is 12.8. The summed E-state index contributed by atoms with van der Waals surface area (Å²) in [6.07, 6.45) is -4.37. The second kappa shape index (κ2) is 7.11. The van der Waals surface area contributed by atoms with Crippen molar-refractivity contribution in [1.29, 1.82) is 0 Å².